The van der Waals surface area contributed by atoms with E-state index in [1.54, 1.807) is 0 Å². The van der Waals surface area contributed by atoms with Crippen LogP contribution in [-0.2, 0) is 0 Å². The molecule has 0 saturated heterocycles. The Balaban J connectivity index is 1.45. The van der Waals surface area contributed by atoms with Crippen molar-refractivity contribution in [1.82, 2.24) is 21.3 Å². The number of nitrogens with one attached hydrogen (secondary N) is 4. The lowest BCUT2D eigenvalue weighted by Crippen LogP contribution is -2.39. The monoisotopic (exact) mass is 324 g/mol. The van der Waals surface area contributed by atoms with Crippen LogP contribution in [0.5, 0.6) is 0 Å². The number of hydrogen-bond acceptors (Lipinski definition) is 4. The molecule has 4 atom stereocenters. The maximum atomic E-state index is 3.68. The first kappa shape index (κ1) is 19.2. The summed E-state index contributed by atoms with van der Waals surface area (Å²) in [5.74, 6) is 1.70. The summed E-state index contributed by atoms with van der Waals surface area (Å²) in [6.45, 7) is 11.4. The third kappa shape index (κ3) is 6.69. The average molecular weight is 325 g/mol. The lowest BCUT2D eigenvalue weighted by molar-refractivity contribution is 0.376. The van der Waals surface area contributed by atoms with Crippen molar-refractivity contribution < 1.29 is 0 Å². The lowest BCUT2D eigenvalue weighted by atomic mass is 10.0. The van der Waals surface area contributed by atoms with Crippen molar-refractivity contribution in [1.29, 1.82) is 0 Å². The summed E-state index contributed by atoms with van der Waals surface area (Å²) in [5, 5.41) is 14.6. The van der Waals surface area contributed by atoms with Gasteiger partial charge in [-0.2, -0.15) is 0 Å². The average Bonchev–Trinajstić information content (AvgIpc) is 3.17. The summed E-state index contributed by atoms with van der Waals surface area (Å²) < 4.78 is 0. The van der Waals surface area contributed by atoms with Gasteiger partial charge in [-0.15, -0.1) is 0 Å². The Bertz CT molecular complexity index is 269. The van der Waals surface area contributed by atoms with Gasteiger partial charge in [-0.1, -0.05) is 26.7 Å². The van der Waals surface area contributed by atoms with E-state index in [0.717, 1.165) is 50.1 Å². The molecule has 2 saturated carbocycles. The second-order valence-electron chi connectivity index (χ2n) is 7.47. The molecule has 0 amide bonds. The normalized spacial score (nSPS) is 31.0. The zero-order valence-corrected chi connectivity index (χ0v) is 15.5. The Morgan fingerprint density at radius 1 is 0.696 bits per heavy atom. The molecule has 0 radical (unpaired) electrons. The van der Waals surface area contributed by atoms with Gasteiger partial charge in [-0.05, 0) is 83.2 Å². The van der Waals surface area contributed by atoms with Crippen LogP contribution < -0.4 is 21.3 Å². The molecule has 2 fully saturated rings. The highest BCUT2D eigenvalue weighted by Gasteiger charge is 2.26. The van der Waals surface area contributed by atoms with Crippen LogP contribution in [0.15, 0.2) is 0 Å². The predicted molar refractivity (Wildman–Crippen MR) is 100.0 cm³/mol. The van der Waals surface area contributed by atoms with Gasteiger partial charge in [0.05, 0.1) is 0 Å². The molecule has 4 N–H and O–H groups in total. The standard InChI is InChI=1S/C19H40N4/c1-3-22-18-10-5-8-16(18)14-20-12-7-13-21-15-17-9-6-11-19(17)23-4-2/h16-23H,3-15H2,1-2H3. The second-order valence-corrected chi connectivity index (χ2v) is 7.47. The summed E-state index contributed by atoms with van der Waals surface area (Å²) >= 11 is 0. The Labute approximate surface area is 143 Å². The molecule has 2 rings (SSSR count). The molecule has 0 aromatic carbocycles. The summed E-state index contributed by atoms with van der Waals surface area (Å²) in [4.78, 5) is 0. The molecule has 0 aliphatic heterocycles. The first-order chi connectivity index (χ1) is 11.3. The van der Waals surface area contributed by atoms with E-state index in [4.69, 9.17) is 0 Å². The van der Waals surface area contributed by atoms with Gasteiger partial charge < -0.3 is 21.3 Å². The van der Waals surface area contributed by atoms with Crippen molar-refractivity contribution in [3.05, 3.63) is 0 Å². The van der Waals surface area contributed by atoms with Crippen molar-refractivity contribution in [3.8, 4) is 0 Å². The molecule has 4 nitrogen and oxygen atoms in total. The van der Waals surface area contributed by atoms with Crippen LogP contribution in [-0.4, -0.2) is 51.4 Å². The molecular weight excluding hydrogens is 284 g/mol. The highest BCUT2D eigenvalue weighted by atomic mass is 15.0. The van der Waals surface area contributed by atoms with E-state index in [-0.39, 0.29) is 0 Å². The molecule has 2 aliphatic carbocycles. The summed E-state index contributed by atoms with van der Waals surface area (Å²) in [7, 11) is 0. The highest BCUT2D eigenvalue weighted by Crippen LogP contribution is 2.25. The fourth-order valence-electron chi connectivity index (χ4n) is 4.54. The quantitative estimate of drug-likeness (QED) is 0.415. The van der Waals surface area contributed by atoms with Crippen molar-refractivity contribution in [2.75, 3.05) is 39.3 Å². The zero-order valence-electron chi connectivity index (χ0n) is 15.5. The van der Waals surface area contributed by atoms with Crippen LogP contribution in [0.25, 0.3) is 0 Å². The number of hydrogen-bond donors (Lipinski definition) is 4. The Morgan fingerprint density at radius 2 is 1.17 bits per heavy atom. The second kappa shape index (κ2) is 11.4. The van der Waals surface area contributed by atoms with E-state index >= 15 is 0 Å². The van der Waals surface area contributed by atoms with Gasteiger partial charge in [-0.3, -0.25) is 0 Å². The zero-order chi connectivity index (χ0) is 16.3. The van der Waals surface area contributed by atoms with E-state index in [0.29, 0.717) is 0 Å². The van der Waals surface area contributed by atoms with Gasteiger partial charge in [0.2, 0.25) is 0 Å². The molecule has 0 heterocycles. The van der Waals surface area contributed by atoms with Crippen molar-refractivity contribution in [3.63, 3.8) is 0 Å². The summed E-state index contributed by atoms with van der Waals surface area (Å²) in [6.07, 6.45) is 9.59. The molecule has 0 bridgehead atoms. The van der Waals surface area contributed by atoms with E-state index in [2.05, 4.69) is 35.1 Å². The minimum atomic E-state index is 0.760. The SMILES string of the molecule is CCNC1CCCC1CNCCCNCC1CCCC1NCC. The fraction of sp³-hybridized carbons (Fsp3) is 1.00. The highest BCUT2D eigenvalue weighted by molar-refractivity contribution is 4.85. The van der Waals surface area contributed by atoms with Crippen LogP contribution in [0.3, 0.4) is 0 Å². The van der Waals surface area contributed by atoms with Gasteiger partial charge >= 0.3 is 0 Å². The first-order valence-corrected chi connectivity index (χ1v) is 10.2. The van der Waals surface area contributed by atoms with Gasteiger partial charge in [0, 0.05) is 12.1 Å². The third-order valence-electron chi connectivity index (χ3n) is 5.77. The fourth-order valence-corrected chi connectivity index (χ4v) is 4.54. The van der Waals surface area contributed by atoms with E-state index < -0.39 is 0 Å². The lowest BCUT2D eigenvalue weighted by Gasteiger charge is -2.21. The summed E-state index contributed by atoms with van der Waals surface area (Å²) in [6, 6.07) is 1.52. The predicted octanol–water partition coefficient (Wildman–Crippen LogP) is 2.11. The minimum Gasteiger partial charge on any atom is -0.316 e. The van der Waals surface area contributed by atoms with E-state index in [1.807, 2.05) is 0 Å². The van der Waals surface area contributed by atoms with Gasteiger partial charge in [0.25, 0.3) is 0 Å². The van der Waals surface area contributed by atoms with Crippen molar-refractivity contribution >= 4 is 0 Å². The van der Waals surface area contributed by atoms with E-state index in [9.17, 15) is 0 Å². The third-order valence-corrected chi connectivity index (χ3v) is 5.77. The summed E-state index contributed by atoms with van der Waals surface area (Å²) in [5.41, 5.74) is 0. The Morgan fingerprint density at radius 3 is 1.61 bits per heavy atom. The minimum absolute atomic E-state index is 0.760. The molecule has 2 aliphatic rings. The van der Waals surface area contributed by atoms with Crippen LogP contribution in [0.1, 0.15) is 58.8 Å². The molecule has 0 spiro atoms. The Kier molecular flexibility index (Phi) is 9.50. The first-order valence-electron chi connectivity index (χ1n) is 10.2. The van der Waals surface area contributed by atoms with Crippen molar-refractivity contribution in [2.24, 2.45) is 11.8 Å². The maximum Gasteiger partial charge on any atom is 0.0107 e. The molecule has 0 aromatic rings. The van der Waals surface area contributed by atoms with Crippen LogP contribution in [0, 0.1) is 11.8 Å². The smallest absolute Gasteiger partial charge is 0.0107 e. The van der Waals surface area contributed by atoms with Gasteiger partial charge in [0.1, 0.15) is 0 Å². The maximum absolute atomic E-state index is 3.68. The van der Waals surface area contributed by atoms with Crippen LogP contribution in [0.2, 0.25) is 0 Å². The molecule has 23 heavy (non-hydrogen) atoms. The molecule has 4 heteroatoms. The van der Waals surface area contributed by atoms with Gasteiger partial charge in [-0.25, -0.2) is 0 Å². The number of rotatable bonds is 12. The van der Waals surface area contributed by atoms with Crippen molar-refractivity contribution in [2.45, 2.75) is 70.9 Å². The largest absolute Gasteiger partial charge is 0.316 e. The van der Waals surface area contributed by atoms with Crippen LogP contribution >= 0.6 is 0 Å². The molecule has 136 valence electrons. The van der Waals surface area contributed by atoms with E-state index in [1.165, 1.54) is 58.0 Å². The molecular formula is C19H40N4. The molecule has 0 aromatic heterocycles. The Hall–Kier alpha value is -0.160. The van der Waals surface area contributed by atoms with Crippen LogP contribution in [0.4, 0.5) is 0 Å². The van der Waals surface area contributed by atoms with Gasteiger partial charge in [0.15, 0.2) is 0 Å². The molecule has 4 unspecified atom stereocenters. The topological polar surface area (TPSA) is 48.1 Å².